The molecule has 1 heterocycles. The van der Waals surface area contributed by atoms with E-state index in [2.05, 4.69) is 36.6 Å². The Morgan fingerprint density at radius 2 is 1.77 bits per heavy atom. The van der Waals surface area contributed by atoms with Gasteiger partial charge in [0.25, 0.3) is 10.0 Å². The zero-order chi connectivity index (χ0) is 18.5. The maximum Gasteiger partial charge on any atom is 0.264 e. The number of carbonyl (C=O) groups is 1. The Labute approximate surface area is 169 Å². The third kappa shape index (κ3) is 3.42. The highest BCUT2D eigenvalue weighted by molar-refractivity contribution is 9.10. The fourth-order valence-corrected chi connectivity index (χ4v) is 5.43. The van der Waals surface area contributed by atoms with Gasteiger partial charge in [-0.2, -0.15) is 0 Å². The van der Waals surface area contributed by atoms with Crippen LogP contribution in [0.15, 0.2) is 50.2 Å². The van der Waals surface area contributed by atoms with E-state index in [1.165, 1.54) is 0 Å². The zero-order valence-electron chi connectivity index (χ0n) is 13.7. The maximum absolute atomic E-state index is 13.1. The normalized spacial score (nSPS) is 16.5. The summed E-state index contributed by atoms with van der Waals surface area (Å²) in [6, 6.07) is 10.4. The van der Waals surface area contributed by atoms with E-state index in [9.17, 15) is 13.2 Å². The minimum Gasteiger partial charge on any atom is -0.310 e. The Kier molecular flexibility index (Phi) is 4.61. The number of sulfonamides is 1. The van der Waals surface area contributed by atoms with Gasteiger partial charge in [-0.25, -0.2) is 8.42 Å². The van der Waals surface area contributed by atoms with E-state index in [0.29, 0.717) is 28.8 Å². The van der Waals surface area contributed by atoms with Crippen LogP contribution in [0, 0.1) is 5.92 Å². The van der Waals surface area contributed by atoms with Gasteiger partial charge in [-0.05, 0) is 61.2 Å². The van der Waals surface area contributed by atoms with Gasteiger partial charge in [0.2, 0.25) is 5.91 Å². The molecule has 1 fully saturated rings. The van der Waals surface area contributed by atoms with Crippen LogP contribution in [0.2, 0.25) is 0 Å². The number of hydrogen-bond donors (Lipinski definition) is 1. The molecule has 0 spiro atoms. The van der Waals surface area contributed by atoms with Crippen molar-refractivity contribution in [3.05, 3.63) is 50.9 Å². The summed E-state index contributed by atoms with van der Waals surface area (Å²) in [6.45, 7) is 0.530. The van der Waals surface area contributed by atoms with Crippen molar-refractivity contribution in [1.82, 2.24) is 0 Å². The van der Waals surface area contributed by atoms with Gasteiger partial charge in [0.05, 0.1) is 5.69 Å². The second kappa shape index (κ2) is 6.65. The van der Waals surface area contributed by atoms with Crippen molar-refractivity contribution in [2.75, 3.05) is 16.2 Å². The van der Waals surface area contributed by atoms with Crippen LogP contribution < -0.4 is 9.62 Å². The molecule has 2 aromatic carbocycles. The average Bonchev–Trinajstić information content (AvgIpc) is 3.35. The van der Waals surface area contributed by atoms with E-state index in [4.69, 9.17) is 0 Å². The number of carbonyl (C=O) groups excluding carboxylic acids is 1. The number of amides is 1. The van der Waals surface area contributed by atoms with Crippen LogP contribution in [0.3, 0.4) is 0 Å². The lowest BCUT2D eigenvalue weighted by atomic mass is 10.2. The summed E-state index contributed by atoms with van der Waals surface area (Å²) in [5, 5.41) is 0. The summed E-state index contributed by atoms with van der Waals surface area (Å²) >= 11 is 6.74. The van der Waals surface area contributed by atoms with Crippen LogP contribution in [0.25, 0.3) is 0 Å². The van der Waals surface area contributed by atoms with Crippen LogP contribution in [0.4, 0.5) is 11.4 Å². The van der Waals surface area contributed by atoms with Crippen LogP contribution in [-0.4, -0.2) is 20.9 Å². The standard InChI is InChI=1S/C18H16Br2N2O3S/c19-13-3-5-15(6-4-13)21-26(24,25)16-10-14(20)9-12-7-8-22(17(12)16)18(23)11-1-2-11/h3-6,9-11,21H,1-2,7-8H2. The zero-order valence-corrected chi connectivity index (χ0v) is 17.7. The van der Waals surface area contributed by atoms with E-state index in [-0.39, 0.29) is 16.7 Å². The summed E-state index contributed by atoms with van der Waals surface area (Å²) in [5.74, 6) is 0.0748. The molecule has 1 aliphatic heterocycles. The highest BCUT2D eigenvalue weighted by atomic mass is 79.9. The molecule has 0 aromatic heterocycles. The lowest BCUT2D eigenvalue weighted by molar-refractivity contribution is -0.119. The predicted octanol–water partition coefficient (Wildman–Crippen LogP) is 4.31. The van der Waals surface area contributed by atoms with Gasteiger partial charge in [-0.1, -0.05) is 31.9 Å². The molecule has 8 heteroatoms. The van der Waals surface area contributed by atoms with Gasteiger partial charge < -0.3 is 4.90 Å². The molecular weight excluding hydrogens is 484 g/mol. The molecule has 0 saturated heterocycles. The smallest absolute Gasteiger partial charge is 0.264 e. The van der Waals surface area contributed by atoms with E-state index in [0.717, 1.165) is 22.9 Å². The van der Waals surface area contributed by atoms with E-state index >= 15 is 0 Å². The average molecular weight is 500 g/mol. The molecule has 1 saturated carbocycles. The molecule has 0 radical (unpaired) electrons. The van der Waals surface area contributed by atoms with Gasteiger partial charge in [-0.3, -0.25) is 9.52 Å². The summed E-state index contributed by atoms with van der Waals surface area (Å²) < 4.78 is 30.3. The molecular formula is C18H16Br2N2O3S. The summed E-state index contributed by atoms with van der Waals surface area (Å²) in [7, 11) is -3.83. The molecule has 4 rings (SSSR count). The molecule has 2 aromatic rings. The molecule has 0 bridgehead atoms. The Hall–Kier alpha value is -1.38. The lowest BCUT2D eigenvalue weighted by Gasteiger charge is -2.21. The van der Waals surface area contributed by atoms with Gasteiger partial charge in [-0.15, -0.1) is 0 Å². The summed E-state index contributed by atoms with van der Waals surface area (Å²) in [5.41, 5.74) is 1.87. The molecule has 1 aliphatic carbocycles. The second-order valence-electron chi connectivity index (χ2n) is 6.54. The third-order valence-corrected chi connectivity index (χ3v) is 6.95. The van der Waals surface area contributed by atoms with Crippen molar-refractivity contribution in [1.29, 1.82) is 0 Å². The molecule has 0 atom stereocenters. The number of anilines is 2. The molecule has 136 valence electrons. The highest BCUT2D eigenvalue weighted by Crippen LogP contribution is 2.41. The molecule has 1 N–H and O–H groups in total. The number of nitrogens with one attached hydrogen (secondary N) is 1. The van der Waals surface area contributed by atoms with Crippen LogP contribution in [0.5, 0.6) is 0 Å². The van der Waals surface area contributed by atoms with Crippen molar-refractivity contribution in [3.63, 3.8) is 0 Å². The predicted molar refractivity (Wildman–Crippen MR) is 108 cm³/mol. The highest BCUT2D eigenvalue weighted by Gasteiger charge is 2.39. The van der Waals surface area contributed by atoms with Crippen molar-refractivity contribution in [3.8, 4) is 0 Å². The van der Waals surface area contributed by atoms with Crippen molar-refractivity contribution < 1.29 is 13.2 Å². The first kappa shape index (κ1) is 18.0. The van der Waals surface area contributed by atoms with Crippen molar-refractivity contribution >= 4 is 59.2 Å². The Balaban J connectivity index is 1.76. The fourth-order valence-electron chi connectivity index (χ4n) is 3.17. The molecule has 5 nitrogen and oxygen atoms in total. The monoisotopic (exact) mass is 498 g/mol. The fraction of sp³-hybridized carbons (Fsp3) is 0.278. The number of halogens is 2. The minimum absolute atomic E-state index is 0.0335. The molecule has 2 aliphatic rings. The minimum atomic E-state index is -3.83. The number of fused-ring (bicyclic) bond motifs is 1. The number of nitrogens with zero attached hydrogens (tertiary/aromatic N) is 1. The quantitative estimate of drug-likeness (QED) is 0.681. The van der Waals surface area contributed by atoms with E-state index in [1.807, 2.05) is 6.07 Å². The number of hydrogen-bond acceptors (Lipinski definition) is 3. The largest absolute Gasteiger partial charge is 0.310 e. The van der Waals surface area contributed by atoms with E-state index in [1.54, 1.807) is 35.2 Å². The summed E-state index contributed by atoms with van der Waals surface area (Å²) in [4.78, 5) is 14.4. The maximum atomic E-state index is 13.1. The van der Waals surface area contributed by atoms with Gasteiger partial charge >= 0.3 is 0 Å². The van der Waals surface area contributed by atoms with Crippen LogP contribution in [-0.2, 0) is 21.2 Å². The first-order valence-electron chi connectivity index (χ1n) is 8.27. The third-order valence-electron chi connectivity index (χ3n) is 4.57. The van der Waals surface area contributed by atoms with Crippen molar-refractivity contribution in [2.45, 2.75) is 24.2 Å². The van der Waals surface area contributed by atoms with Crippen molar-refractivity contribution in [2.24, 2.45) is 5.92 Å². The Bertz CT molecular complexity index is 986. The summed E-state index contributed by atoms with van der Waals surface area (Å²) in [6.07, 6.45) is 2.44. The van der Waals surface area contributed by atoms with Gasteiger partial charge in [0, 0.05) is 27.1 Å². The van der Waals surface area contributed by atoms with Gasteiger partial charge in [0.15, 0.2) is 0 Å². The first-order chi connectivity index (χ1) is 12.3. The van der Waals surface area contributed by atoms with Crippen LogP contribution in [0.1, 0.15) is 18.4 Å². The van der Waals surface area contributed by atoms with Gasteiger partial charge in [0.1, 0.15) is 4.90 Å². The first-order valence-corrected chi connectivity index (χ1v) is 11.3. The number of rotatable bonds is 4. The number of benzene rings is 2. The molecule has 0 unspecified atom stereocenters. The van der Waals surface area contributed by atoms with E-state index < -0.39 is 10.0 Å². The second-order valence-corrected chi connectivity index (χ2v) is 10.0. The lowest BCUT2D eigenvalue weighted by Crippen LogP contribution is -2.31. The molecule has 26 heavy (non-hydrogen) atoms. The Morgan fingerprint density at radius 3 is 2.42 bits per heavy atom. The Morgan fingerprint density at radius 1 is 1.08 bits per heavy atom. The topological polar surface area (TPSA) is 66.5 Å². The van der Waals surface area contributed by atoms with Crippen LogP contribution >= 0.6 is 31.9 Å². The molecule has 1 amide bonds. The SMILES string of the molecule is O=C(C1CC1)N1CCc2cc(Br)cc(S(=O)(=O)Nc3ccc(Br)cc3)c21.